The second-order valence-electron chi connectivity index (χ2n) is 3.23. The molecule has 1 unspecified atom stereocenters. The zero-order chi connectivity index (χ0) is 12.3. The van der Waals surface area contributed by atoms with Crippen LogP contribution in [0.5, 0.6) is 0 Å². The Morgan fingerprint density at radius 3 is 2.65 bits per heavy atom. The first kappa shape index (κ1) is 11.8. The predicted molar refractivity (Wildman–Crippen MR) is 58.8 cm³/mol. The number of nitrogens with one attached hydrogen (secondary N) is 1. The summed E-state index contributed by atoms with van der Waals surface area (Å²) in [5, 5.41) is 3.94. The number of aromatic nitrogens is 2. The van der Waals surface area contributed by atoms with Gasteiger partial charge < -0.3 is 5.32 Å². The summed E-state index contributed by atoms with van der Waals surface area (Å²) in [7, 11) is 0. The van der Waals surface area contributed by atoms with Crippen molar-refractivity contribution in [1.29, 1.82) is 0 Å². The van der Waals surface area contributed by atoms with Crippen molar-refractivity contribution in [3.05, 3.63) is 41.0 Å². The lowest BCUT2D eigenvalue weighted by Crippen LogP contribution is -2.27. The van der Waals surface area contributed by atoms with Crippen molar-refractivity contribution < 1.29 is 13.2 Å². The molecule has 0 bridgehead atoms. The van der Waals surface area contributed by atoms with Crippen LogP contribution in [0, 0.1) is 0 Å². The molecule has 7 heteroatoms. The van der Waals surface area contributed by atoms with Crippen LogP contribution in [0.2, 0.25) is 0 Å². The Hall–Kier alpha value is -1.63. The highest BCUT2D eigenvalue weighted by Gasteiger charge is 2.41. The normalized spacial score (nSPS) is 13.4. The molecule has 3 nitrogen and oxygen atoms in total. The van der Waals surface area contributed by atoms with Crippen LogP contribution in [0.4, 0.5) is 19.0 Å². The monoisotopic (exact) mass is 259 g/mol. The highest BCUT2D eigenvalue weighted by molar-refractivity contribution is 7.10. The zero-order valence-electron chi connectivity index (χ0n) is 8.48. The Morgan fingerprint density at radius 1 is 1.29 bits per heavy atom. The van der Waals surface area contributed by atoms with E-state index in [9.17, 15) is 13.2 Å². The van der Waals surface area contributed by atoms with E-state index in [1.807, 2.05) is 0 Å². The van der Waals surface area contributed by atoms with Crippen molar-refractivity contribution in [3.63, 3.8) is 0 Å². The van der Waals surface area contributed by atoms with Gasteiger partial charge in [0.05, 0.1) is 6.20 Å². The lowest BCUT2D eigenvalue weighted by atomic mass is 10.2. The summed E-state index contributed by atoms with van der Waals surface area (Å²) >= 11 is 1.05. The Kier molecular flexibility index (Phi) is 3.28. The van der Waals surface area contributed by atoms with Crippen LogP contribution >= 0.6 is 11.3 Å². The summed E-state index contributed by atoms with van der Waals surface area (Å²) in [6, 6.07) is 1.27. The van der Waals surface area contributed by atoms with Gasteiger partial charge in [0, 0.05) is 17.3 Å². The SMILES string of the molecule is FC(F)(F)C(Nc1cnccn1)c1cccs1. The molecule has 17 heavy (non-hydrogen) atoms. The molecule has 1 N–H and O–H groups in total. The highest BCUT2D eigenvalue weighted by atomic mass is 32.1. The summed E-state index contributed by atoms with van der Waals surface area (Å²) < 4.78 is 38.6. The van der Waals surface area contributed by atoms with Gasteiger partial charge in [-0.1, -0.05) is 6.07 Å². The number of halogens is 3. The fraction of sp³-hybridized carbons (Fsp3) is 0.200. The first-order valence-corrected chi connectivity index (χ1v) is 5.58. The molecule has 0 amide bonds. The fourth-order valence-corrected chi connectivity index (χ4v) is 2.09. The van der Waals surface area contributed by atoms with Gasteiger partial charge in [0.1, 0.15) is 5.82 Å². The molecule has 0 radical (unpaired) electrons. The molecule has 0 aliphatic heterocycles. The average Bonchev–Trinajstić information content (AvgIpc) is 2.79. The first-order valence-electron chi connectivity index (χ1n) is 4.70. The van der Waals surface area contributed by atoms with Gasteiger partial charge in [-0.25, -0.2) is 4.98 Å². The van der Waals surface area contributed by atoms with E-state index in [2.05, 4.69) is 15.3 Å². The summed E-state index contributed by atoms with van der Waals surface area (Å²) in [6.07, 6.45) is -0.377. The molecule has 0 aromatic carbocycles. The van der Waals surface area contributed by atoms with Gasteiger partial charge in [-0.15, -0.1) is 11.3 Å². The Balaban J connectivity index is 2.24. The minimum absolute atomic E-state index is 0.100. The van der Waals surface area contributed by atoms with E-state index in [4.69, 9.17) is 0 Å². The molecule has 90 valence electrons. The van der Waals surface area contributed by atoms with Crippen LogP contribution in [0.3, 0.4) is 0 Å². The van der Waals surface area contributed by atoms with Crippen molar-refractivity contribution in [2.45, 2.75) is 12.2 Å². The number of alkyl halides is 3. The third-order valence-electron chi connectivity index (χ3n) is 2.01. The Labute approximate surface area is 99.3 Å². The molecular weight excluding hydrogens is 251 g/mol. The van der Waals surface area contributed by atoms with Crippen LogP contribution in [0.25, 0.3) is 0 Å². The fourth-order valence-electron chi connectivity index (χ4n) is 1.29. The Bertz CT molecular complexity index is 455. The maximum Gasteiger partial charge on any atom is 0.413 e. The van der Waals surface area contributed by atoms with E-state index in [0.717, 1.165) is 11.3 Å². The van der Waals surface area contributed by atoms with E-state index in [-0.39, 0.29) is 10.7 Å². The predicted octanol–water partition coefficient (Wildman–Crippen LogP) is 3.25. The molecular formula is C10H8F3N3S. The molecule has 0 saturated heterocycles. The maximum atomic E-state index is 12.9. The second kappa shape index (κ2) is 4.70. The number of hydrogen-bond donors (Lipinski definition) is 1. The summed E-state index contributed by atoms with van der Waals surface area (Å²) in [5.74, 6) is 0.100. The number of nitrogens with zero attached hydrogens (tertiary/aromatic N) is 2. The molecule has 2 aromatic rings. The lowest BCUT2D eigenvalue weighted by Gasteiger charge is -2.20. The molecule has 0 aliphatic rings. The van der Waals surface area contributed by atoms with E-state index in [1.165, 1.54) is 24.7 Å². The highest BCUT2D eigenvalue weighted by Crippen LogP contribution is 2.37. The molecule has 1 atom stereocenters. The van der Waals surface area contributed by atoms with Gasteiger partial charge >= 0.3 is 6.18 Å². The van der Waals surface area contributed by atoms with Gasteiger partial charge in [0.15, 0.2) is 6.04 Å². The number of thiophene rings is 1. The van der Waals surface area contributed by atoms with E-state index >= 15 is 0 Å². The third-order valence-corrected chi connectivity index (χ3v) is 2.95. The molecule has 0 aliphatic carbocycles. The summed E-state index contributed by atoms with van der Waals surface area (Å²) in [5.41, 5.74) is 0. The van der Waals surface area contributed by atoms with Crippen molar-refractivity contribution >= 4 is 17.2 Å². The van der Waals surface area contributed by atoms with Crippen LogP contribution in [0.1, 0.15) is 10.9 Å². The van der Waals surface area contributed by atoms with E-state index < -0.39 is 12.2 Å². The molecule has 2 heterocycles. The number of anilines is 1. The first-order chi connectivity index (χ1) is 8.07. The molecule has 2 rings (SSSR count). The van der Waals surface area contributed by atoms with Crippen LogP contribution in [-0.2, 0) is 0 Å². The van der Waals surface area contributed by atoms with E-state index in [0.29, 0.717) is 0 Å². The van der Waals surface area contributed by atoms with Gasteiger partial charge in [-0.2, -0.15) is 13.2 Å². The average molecular weight is 259 g/mol. The van der Waals surface area contributed by atoms with Gasteiger partial charge in [0.25, 0.3) is 0 Å². The molecule has 0 saturated carbocycles. The van der Waals surface area contributed by atoms with E-state index in [1.54, 1.807) is 11.4 Å². The topological polar surface area (TPSA) is 37.8 Å². The van der Waals surface area contributed by atoms with Crippen molar-refractivity contribution in [3.8, 4) is 0 Å². The van der Waals surface area contributed by atoms with Crippen LogP contribution in [-0.4, -0.2) is 16.1 Å². The van der Waals surface area contributed by atoms with Crippen LogP contribution in [0.15, 0.2) is 36.1 Å². The largest absolute Gasteiger partial charge is 0.413 e. The smallest absolute Gasteiger partial charge is 0.353 e. The van der Waals surface area contributed by atoms with Crippen LogP contribution < -0.4 is 5.32 Å². The summed E-state index contributed by atoms with van der Waals surface area (Å²) in [6.45, 7) is 0. The molecule has 0 spiro atoms. The molecule has 2 aromatic heterocycles. The zero-order valence-corrected chi connectivity index (χ0v) is 9.29. The second-order valence-corrected chi connectivity index (χ2v) is 4.20. The van der Waals surface area contributed by atoms with Gasteiger partial charge in [-0.3, -0.25) is 4.98 Å². The molecule has 0 fully saturated rings. The number of hydrogen-bond acceptors (Lipinski definition) is 4. The lowest BCUT2D eigenvalue weighted by molar-refractivity contribution is -0.143. The summed E-state index contributed by atoms with van der Waals surface area (Å²) in [4.78, 5) is 7.68. The van der Waals surface area contributed by atoms with Crippen molar-refractivity contribution in [1.82, 2.24) is 9.97 Å². The minimum atomic E-state index is -4.37. The third kappa shape index (κ3) is 2.94. The van der Waals surface area contributed by atoms with Crippen molar-refractivity contribution in [2.75, 3.05) is 5.32 Å². The Morgan fingerprint density at radius 2 is 2.12 bits per heavy atom. The standard InChI is InChI=1S/C10H8F3N3S/c11-10(12,13)9(7-2-1-5-17-7)16-8-6-14-3-4-15-8/h1-6,9H,(H,15,16). The van der Waals surface area contributed by atoms with Gasteiger partial charge in [0.2, 0.25) is 0 Å². The van der Waals surface area contributed by atoms with Gasteiger partial charge in [-0.05, 0) is 11.4 Å². The number of rotatable bonds is 3. The quantitative estimate of drug-likeness (QED) is 0.919. The van der Waals surface area contributed by atoms with Crippen molar-refractivity contribution in [2.24, 2.45) is 0 Å². The minimum Gasteiger partial charge on any atom is -0.353 e. The maximum absolute atomic E-state index is 12.9.